The molecule has 2 aliphatic rings. The minimum absolute atomic E-state index is 0.0886. The van der Waals surface area contributed by atoms with Gasteiger partial charge < -0.3 is 9.64 Å². The molecular formula is C20H24N2O5. The molecule has 1 aliphatic carbocycles. The molecule has 1 aromatic carbocycles. The number of hydrogen-bond donors (Lipinski definition) is 0. The van der Waals surface area contributed by atoms with E-state index in [2.05, 4.69) is 0 Å². The largest absolute Gasteiger partial charge is 0.452 e. The Bertz CT molecular complexity index is 744. The summed E-state index contributed by atoms with van der Waals surface area (Å²) in [6.45, 7) is 0.437. The van der Waals surface area contributed by atoms with Crippen LogP contribution in [0.1, 0.15) is 44.1 Å². The van der Waals surface area contributed by atoms with Crippen LogP contribution < -0.4 is 0 Å². The van der Waals surface area contributed by atoms with E-state index < -0.39 is 10.9 Å². The predicted molar refractivity (Wildman–Crippen MR) is 99.8 cm³/mol. The van der Waals surface area contributed by atoms with Gasteiger partial charge in [0, 0.05) is 24.7 Å². The van der Waals surface area contributed by atoms with Gasteiger partial charge in [0.15, 0.2) is 6.61 Å². The van der Waals surface area contributed by atoms with Gasteiger partial charge in [-0.3, -0.25) is 14.9 Å². The van der Waals surface area contributed by atoms with Gasteiger partial charge >= 0.3 is 5.97 Å². The number of nitro benzene ring substituents is 1. The van der Waals surface area contributed by atoms with E-state index in [1.54, 1.807) is 18.2 Å². The average molecular weight is 372 g/mol. The fourth-order valence-corrected chi connectivity index (χ4v) is 4.15. The Morgan fingerprint density at radius 1 is 1.19 bits per heavy atom. The van der Waals surface area contributed by atoms with Gasteiger partial charge in [0.2, 0.25) is 0 Å². The van der Waals surface area contributed by atoms with Crippen molar-refractivity contribution in [3.8, 4) is 0 Å². The number of nitrogens with zero attached hydrogens (tertiary/aromatic N) is 2. The highest BCUT2D eigenvalue weighted by atomic mass is 16.6. The van der Waals surface area contributed by atoms with Gasteiger partial charge in [-0.25, -0.2) is 4.79 Å². The lowest BCUT2D eigenvalue weighted by Gasteiger charge is -2.44. The van der Waals surface area contributed by atoms with Gasteiger partial charge in [0.1, 0.15) is 0 Å². The highest BCUT2D eigenvalue weighted by molar-refractivity contribution is 5.90. The summed E-state index contributed by atoms with van der Waals surface area (Å²) in [7, 11) is 0. The van der Waals surface area contributed by atoms with Crippen LogP contribution in [0.2, 0.25) is 0 Å². The van der Waals surface area contributed by atoms with Gasteiger partial charge in [0.25, 0.3) is 11.6 Å². The number of nitro groups is 1. The van der Waals surface area contributed by atoms with Crippen molar-refractivity contribution < 1.29 is 19.2 Å². The first-order chi connectivity index (χ1) is 13.1. The van der Waals surface area contributed by atoms with Crippen molar-refractivity contribution in [2.24, 2.45) is 5.92 Å². The van der Waals surface area contributed by atoms with Gasteiger partial charge in [-0.2, -0.15) is 0 Å². The lowest BCUT2D eigenvalue weighted by atomic mass is 9.78. The number of rotatable bonds is 5. The van der Waals surface area contributed by atoms with E-state index in [0.29, 0.717) is 11.5 Å². The van der Waals surface area contributed by atoms with Gasteiger partial charge in [-0.05, 0) is 43.7 Å². The first-order valence-electron chi connectivity index (χ1n) is 9.44. The van der Waals surface area contributed by atoms with E-state index in [1.165, 1.54) is 31.4 Å². The van der Waals surface area contributed by atoms with Crippen LogP contribution in [0.4, 0.5) is 5.69 Å². The number of fused-ring (bicyclic) bond motifs is 1. The van der Waals surface area contributed by atoms with Crippen molar-refractivity contribution in [2.75, 3.05) is 13.2 Å². The summed E-state index contributed by atoms with van der Waals surface area (Å²) in [5.41, 5.74) is 0.223. The fraction of sp³-hybridized carbons (Fsp3) is 0.500. The highest BCUT2D eigenvalue weighted by Crippen LogP contribution is 2.35. The molecule has 1 saturated carbocycles. The molecule has 1 aliphatic heterocycles. The second-order valence-electron chi connectivity index (χ2n) is 7.10. The van der Waals surface area contributed by atoms with Crippen LogP contribution in [-0.4, -0.2) is 40.9 Å². The summed E-state index contributed by atoms with van der Waals surface area (Å²) in [6, 6.07) is 6.40. The number of likely N-dealkylation sites (tertiary alicyclic amines) is 1. The SMILES string of the molecule is O=C(/C=C/c1ccccc1[N+](=O)[O-])OCC(=O)N1CCC[C@@H]2CCCC[C@@H]21. The molecule has 2 fully saturated rings. The molecule has 1 saturated heterocycles. The Morgan fingerprint density at radius 3 is 2.74 bits per heavy atom. The molecular weight excluding hydrogens is 348 g/mol. The zero-order valence-electron chi connectivity index (χ0n) is 15.2. The Morgan fingerprint density at radius 2 is 1.93 bits per heavy atom. The molecule has 1 aromatic rings. The molecule has 3 rings (SSSR count). The quantitative estimate of drug-likeness (QED) is 0.342. The molecule has 1 heterocycles. The standard InChI is InChI=1S/C20H24N2O5/c23-19(21-13-5-8-15-6-1-3-9-17(15)21)14-27-20(24)12-11-16-7-2-4-10-18(16)22(25)26/h2,4,7,10-12,15,17H,1,3,5-6,8-9,13-14H2/b12-11+/t15-,17-/m0/s1. The number of benzene rings is 1. The zero-order chi connectivity index (χ0) is 19.2. The monoisotopic (exact) mass is 372 g/mol. The Labute approximate surface area is 158 Å². The first-order valence-corrected chi connectivity index (χ1v) is 9.44. The van der Waals surface area contributed by atoms with Crippen molar-refractivity contribution in [2.45, 2.75) is 44.6 Å². The van der Waals surface area contributed by atoms with E-state index in [4.69, 9.17) is 4.74 Å². The first kappa shape index (κ1) is 19.1. The third-order valence-corrected chi connectivity index (χ3v) is 5.43. The minimum Gasteiger partial charge on any atom is -0.452 e. The highest BCUT2D eigenvalue weighted by Gasteiger charge is 2.35. The lowest BCUT2D eigenvalue weighted by Crippen LogP contribution is -2.50. The van der Waals surface area contributed by atoms with E-state index in [9.17, 15) is 19.7 Å². The molecule has 144 valence electrons. The number of esters is 1. The van der Waals surface area contributed by atoms with Crippen LogP contribution >= 0.6 is 0 Å². The summed E-state index contributed by atoms with van der Waals surface area (Å²) in [6.07, 6.45) is 9.20. The maximum absolute atomic E-state index is 12.5. The van der Waals surface area contributed by atoms with Crippen LogP contribution in [-0.2, 0) is 14.3 Å². The molecule has 0 N–H and O–H groups in total. The number of amides is 1. The number of ether oxygens (including phenoxy) is 1. The summed E-state index contributed by atoms with van der Waals surface area (Å²) in [5, 5.41) is 11.0. The smallest absolute Gasteiger partial charge is 0.331 e. The van der Waals surface area contributed by atoms with E-state index in [1.807, 2.05) is 4.90 Å². The Balaban J connectivity index is 1.54. The molecule has 7 nitrogen and oxygen atoms in total. The van der Waals surface area contributed by atoms with Crippen LogP contribution in [0.15, 0.2) is 30.3 Å². The van der Waals surface area contributed by atoms with Crippen LogP contribution in [0.25, 0.3) is 6.08 Å². The molecule has 0 spiro atoms. The van der Waals surface area contributed by atoms with Gasteiger partial charge in [0.05, 0.1) is 10.5 Å². The van der Waals surface area contributed by atoms with Crippen molar-refractivity contribution in [1.29, 1.82) is 0 Å². The van der Waals surface area contributed by atoms with Crippen molar-refractivity contribution in [3.63, 3.8) is 0 Å². The van der Waals surface area contributed by atoms with E-state index >= 15 is 0 Å². The van der Waals surface area contributed by atoms with Crippen molar-refractivity contribution in [3.05, 3.63) is 46.0 Å². The van der Waals surface area contributed by atoms with E-state index in [0.717, 1.165) is 31.9 Å². The average Bonchev–Trinajstić information content (AvgIpc) is 2.70. The molecule has 1 amide bonds. The van der Waals surface area contributed by atoms with Crippen LogP contribution in [0.3, 0.4) is 0 Å². The molecule has 2 atom stereocenters. The maximum atomic E-state index is 12.5. The lowest BCUT2D eigenvalue weighted by molar-refractivity contribution is -0.385. The summed E-state index contributed by atoms with van der Waals surface area (Å²) < 4.78 is 5.07. The molecule has 0 aromatic heterocycles. The fourth-order valence-electron chi connectivity index (χ4n) is 4.15. The van der Waals surface area contributed by atoms with Crippen molar-refractivity contribution >= 4 is 23.6 Å². The number of carbonyl (C=O) groups is 2. The second kappa shape index (κ2) is 8.79. The second-order valence-corrected chi connectivity index (χ2v) is 7.10. The third kappa shape index (κ3) is 4.72. The molecule has 0 radical (unpaired) electrons. The molecule has 27 heavy (non-hydrogen) atoms. The Kier molecular flexibility index (Phi) is 6.21. The number of piperidine rings is 1. The molecule has 0 unspecified atom stereocenters. The van der Waals surface area contributed by atoms with Gasteiger partial charge in [-0.1, -0.05) is 25.0 Å². The maximum Gasteiger partial charge on any atom is 0.331 e. The topological polar surface area (TPSA) is 89.7 Å². The zero-order valence-corrected chi connectivity index (χ0v) is 15.2. The number of para-hydroxylation sites is 1. The number of carbonyl (C=O) groups excluding carboxylic acids is 2. The summed E-state index contributed by atoms with van der Waals surface area (Å²) in [4.78, 5) is 36.8. The summed E-state index contributed by atoms with van der Waals surface area (Å²) in [5.74, 6) is -0.261. The molecule has 0 bridgehead atoms. The minimum atomic E-state index is -0.682. The summed E-state index contributed by atoms with van der Waals surface area (Å²) >= 11 is 0. The van der Waals surface area contributed by atoms with Crippen LogP contribution in [0.5, 0.6) is 0 Å². The van der Waals surface area contributed by atoms with Crippen molar-refractivity contribution in [1.82, 2.24) is 4.90 Å². The van der Waals surface area contributed by atoms with Crippen LogP contribution in [0, 0.1) is 16.0 Å². The Hall–Kier alpha value is -2.70. The predicted octanol–water partition coefficient (Wildman–Crippen LogP) is 3.33. The van der Waals surface area contributed by atoms with E-state index in [-0.39, 0.29) is 24.2 Å². The van der Waals surface area contributed by atoms with Gasteiger partial charge in [-0.15, -0.1) is 0 Å². The normalized spacial score (nSPS) is 22.3. The third-order valence-electron chi connectivity index (χ3n) is 5.43. The number of hydrogen-bond acceptors (Lipinski definition) is 5. The molecule has 7 heteroatoms.